The van der Waals surface area contributed by atoms with Crippen LogP contribution in [0, 0.1) is 6.92 Å². The predicted molar refractivity (Wildman–Crippen MR) is 79.6 cm³/mol. The molecule has 0 spiro atoms. The molecule has 1 aliphatic heterocycles. The summed E-state index contributed by atoms with van der Waals surface area (Å²) in [5, 5.41) is 4.06. The Bertz CT molecular complexity index is 518. The van der Waals surface area contributed by atoms with Crippen molar-refractivity contribution in [2.24, 2.45) is 0 Å². The highest BCUT2D eigenvalue weighted by Gasteiger charge is 2.22. The van der Waals surface area contributed by atoms with E-state index in [1.807, 2.05) is 0 Å². The molecule has 0 unspecified atom stereocenters. The van der Waals surface area contributed by atoms with E-state index < -0.39 is 5.83 Å². The van der Waals surface area contributed by atoms with Gasteiger partial charge in [-0.05, 0) is 19.5 Å². The van der Waals surface area contributed by atoms with E-state index in [9.17, 15) is 4.39 Å². The van der Waals surface area contributed by atoms with E-state index in [0.29, 0.717) is 5.76 Å². The molecule has 0 aromatic carbocycles. The van der Waals surface area contributed by atoms with E-state index in [0.717, 1.165) is 44.1 Å². The Balaban J connectivity index is 2.21. The molecule has 2 heterocycles. The van der Waals surface area contributed by atoms with Gasteiger partial charge in [0, 0.05) is 26.2 Å². The normalized spacial score (nSPS) is 17.6. The number of halogens is 2. The maximum atomic E-state index is 13.0. The maximum absolute atomic E-state index is 13.0. The van der Waals surface area contributed by atoms with Crippen LogP contribution in [-0.4, -0.2) is 42.8 Å². The van der Waals surface area contributed by atoms with Crippen LogP contribution in [0.2, 0.25) is 0 Å². The Kier molecular flexibility index (Phi) is 4.83. The summed E-state index contributed by atoms with van der Waals surface area (Å²) in [7, 11) is 0. The monoisotopic (exact) mass is 299 g/mol. The lowest BCUT2D eigenvalue weighted by molar-refractivity contribution is 0.269. The Morgan fingerprint density at radius 1 is 1.45 bits per heavy atom. The fraction of sp³-hybridized carbons (Fsp3) is 0.500. The minimum Gasteiger partial charge on any atom is -0.359 e. The molecule has 0 bridgehead atoms. The lowest BCUT2D eigenvalue weighted by Gasteiger charge is -2.34. The second-order valence-electron chi connectivity index (χ2n) is 4.79. The van der Waals surface area contributed by atoms with Gasteiger partial charge in [0.05, 0.1) is 10.6 Å². The van der Waals surface area contributed by atoms with Crippen molar-refractivity contribution in [3.05, 3.63) is 28.8 Å². The van der Waals surface area contributed by atoms with Gasteiger partial charge < -0.3 is 14.3 Å². The van der Waals surface area contributed by atoms with Crippen LogP contribution in [0.25, 0.3) is 6.08 Å². The Hall–Kier alpha value is -1.33. The largest absolute Gasteiger partial charge is 0.359 e. The van der Waals surface area contributed by atoms with Gasteiger partial charge in [0.1, 0.15) is 11.6 Å². The third kappa shape index (κ3) is 3.22. The first-order valence-corrected chi connectivity index (χ1v) is 7.06. The van der Waals surface area contributed by atoms with Crippen molar-refractivity contribution in [2.75, 3.05) is 37.6 Å². The molecule has 0 atom stereocenters. The van der Waals surface area contributed by atoms with Gasteiger partial charge in [0.2, 0.25) is 0 Å². The van der Waals surface area contributed by atoms with Gasteiger partial charge in [-0.15, -0.1) is 0 Å². The van der Waals surface area contributed by atoms with Crippen LogP contribution in [0.3, 0.4) is 0 Å². The number of rotatable bonds is 4. The first kappa shape index (κ1) is 15.1. The fourth-order valence-electron chi connectivity index (χ4n) is 2.24. The standard InChI is InChI=1S/C14H19ClFN3O/c1-4-18-5-7-19(8-6-18)14-12(11(3)20-17-14)9-13(15)10(2)16/h9H,2,4-8H2,1,3H3/b13-9+. The second-order valence-corrected chi connectivity index (χ2v) is 5.20. The van der Waals surface area contributed by atoms with E-state index in [2.05, 4.69) is 28.5 Å². The summed E-state index contributed by atoms with van der Waals surface area (Å²) in [6.45, 7) is 11.9. The molecule has 1 fully saturated rings. The van der Waals surface area contributed by atoms with Gasteiger partial charge in [0.15, 0.2) is 5.82 Å². The topological polar surface area (TPSA) is 32.5 Å². The van der Waals surface area contributed by atoms with Crippen molar-refractivity contribution in [1.82, 2.24) is 10.1 Å². The molecule has 6 heteroatoms. The molecule has 1 aliphatic rings. The maximum Gasteiger partial charge on any atom is 0.179 e. The van der Waals surface area contributed by atoms with E-state index in [4.69, 9.17) is 16.1 Å². The molecule has 0 N–H and O–H groups in total. The van der Waals surface area contributed by atoms with Crippen molar-refractivity contribution in [3.8, 4) is 0 Å². The summed E-state index contributed by atoms with van der Waals surface area (Å²) in [5.74, 6) is 0.684. The third-order valence-corrected chi connectivity index (χ3v) is 3.85. The number of allylic oxidation sites excluding steroid dienone is 2. The van der Waals surface area contributed by atoms with Crippen LogP contribution in [0.5, 0.6) is 0 Å². The van der Waals surface area contributed by atoms with Crippen molar-refractivity contribution in [3.63, 3.8) is 0 Å². The summed E-state index contributed by atoms with van der Waals surface area (Å²) >= 11 is 5.83. The fourth-order valence-corrected chi connectivity index (χ4v) is 2.35. The molecule has 1 aromatic rings. The van der Waals surface area contributed by atoms with Gasteiger partial charge in [0.25, 0.3) is 0 Å². The Morgan fingerprint density at radius 2 is 2.10 bits per heavy atom. The molecule has 4 nitrogen and oxygen atoms in total. The van der Waals surface area contributed by atoms with E-state index in [1.165, 1.54) is 6.08 Å². The zero-order valence-corrected chi connectivity index (χ0v) is 12.6. The molecule has 0 radical (unpaired) electrons. The van der Waals surface area contributed by atoms with E-state index in [-0.39, 0.29) is 5.03 Å². The molecule has 20 heavy (non-hydrogen) atoms. The minimum atomic E-state index is -0.658. The molecule has 0 aliphatic carbocycles. The number of anilines is 1. The molecule has 0 saturated carbocycles. The lowest BCUT2D eigenvalue weighted by atomic mass is 10.2. The molecule has 1 saturated heterocycles. The summed E-state index contributed by atoms with van der Waals surface area (Å²) in [6, 6.07) is 0. The first-order chi connectivity index (χ1) is 9.52. The highest BCUT2D eigenvalue weighted by atomic mass is 35.5. The Morgan fingerprint density at radius 3 is 2.65 bits per heavy atom. The van der Waals surface area contributed by atoms with E-state index >= 15 is 0 Å². The number of hydrogen-bond donors (Lipinski definition) is 0. The van der Waals surface area contributed by atoms with E-state index in [1.54, 1.807) is 6.92 Å². The average Bonchev–Trinajstić information content (AvgIpc) is 2.80. The summed E-state index contributed by atoms with van der Waals surface area (Å²) in [5.41, 5.74) is 0.721. The van der Waals surface area contributed by atoms with Crippen molar-refractivity contribution < 1.29 is 8.91 Å². The SMILES string of the molecule is C=C(F)/C(Cl)=C\c1c(N2CCN(CC)CC2)noc1C. The van der Waals surface area contributed by atoms with Crippen molar-refractivity contribution >= 4 is 23.5 Å². The number of aryl methyl sites for hydroxylation is 1. The van der Waals surface area contributed by atoms with Gasteiger partial charge in [-0.2, -0.15) is 0 Å². The highest BCUT2D eigenvalue weighted by Crippen LogP contribution is 2.28. The smallest absolute Gasteiger partial charge is 0.179 e. The van der Waals surface area contributed by atoms with Crippen LogP contribution >= 0.6 is 11.6 Å². The van der Waals surface area contributed by atoms with Gasteiger partial charge in [-0.1, -0.05) is 30.3 Å². The number of piperazine rings is 1. The Labute approximate surface area is 123 Å². The zero-order chi connectivity index (χ0) is 14.7. The van der Waals surface area contributed by atoms with Crippen LogP contribution in [-0.2, 0) is 0 Å². The molecule has 2 rings (SSSR count). The van der Waals surface area contributed by atoms with Gasteiger partial charge in [-0.25, -0.2) is 4.39 Å². The first-order valence-electron chi connectivity index (χ1n) is 6.68. The predicted octanol–water partition coefficient (Wildman–Crippen LogP) is 3.19. The minimum absolute atomic E-state index is 0.0234. The number of likely N-dealkylation sites (N-methyl/N-ethyl adjacent to an activating group) is 1. The molecule has 0 amide bonds. The second kappa shape index (κ2) is 6.41. The number of nitrogens with zero attached hydrogens (tertiary/aromatic N) is 3. The average molecular weight is 300 g/mol. The molecular weight excluding hydrogens is 281 g/mol. The molecular formula is C14H19ClFN3O. The molecule has 1 aromatic heterocycles. The zero-order valence-electron chi connectivity index (χ0n) is 11.8. The summed E-state index contributed by atoms with van der Waals surface area (Å²) in [6.07, 6.45) is 1.53. The summed E-state index contributed by atoms with van der Waals surface area (Å²) in [4.78, 5) is 4.51. The summed E-state index contributed by atoms with van der Waals surface area (Å²) < 4.78 is 18.2. The lowest BCUT2D eigenvalue weighted by Crippen LogP contribution is -2.46. The molecule has 110 valence electrons. The highest BCUT2D eigenvalue weighted by molar-refractivity contribution is 6.33. The van der Waals surface area contributed by atoms with Crippen LogP contribution in [0.15, 0.2) is 22.0 Å². The quantitative estimate of drug-likeness (QED) is 0.799. The van der Waals surface area contributed by atoms with Crippen molar-refractivity contribution in [2.45, 2.75) is 13.8 Å². The third-order valence-electron chi connectivity index (χ3n) is 3.54. The number of hydrogen-bond acceptors (Lipinski definition) is 4. The van der Waals surface area contributed by atoms with Crippen LogP contribution in [0.1, 0.15) is 18.2 Å². The van der Waals surface area contributed by atoms with Crippen LogP contribution < -0.4 is 4.90 Å². The van der Waals surface area contributed by atoms with Gasteiger partial charge in [-0.3, -0.25) is 0 Å². The van der Waals surface area contributed by atoms with Crippen LogP contribution in [0.4, 0.5) is 10.2 Å². The van der Waals surface area contributed by atoms with Gasteiger partial charge >= 0.3 is 0 Å². The number of aromatic nitrogens is 1. The van der Waals surface area contributed by atoms with Crippen molar-refractivity contribution in [1.29, 1.82) is 0 Å².